The number of sulfone groups is 1. The molecule has 0 spiro atoms. The molecule has 0 bridgehead atoms. The second kappa shape index (κ2) is 7.23. The van der Waals surface area contributed by atoms with Gasteiger partial charge in [-0.25, -0.2) is 13.4 Å². The Balaban J connectivity index is 1.73. The van der Waals surface area contributed by atoms with Crippen LogP contribution >= 0.6 is 0 Å². The normalized spacial score (nSPS) is 16.6. The number of aryl methyl sites for hydroxylation is 2. The second-order valence-electron chi connectivity index (χ2n) is 7.18. The van der Waals surface area contributed by atoms with Gasteiger partial charge in [0, 0.05) is 25.6 Å². The van der Waals surface area contributed by atoms with E-state index in [1.807, 2.05) is 6.92 Å². The van der Waals surface area contributed by atoms with Crippen molar-refractivity contribution in [1.29, 1.82) is 0 Å². The molecular weight excluding hydrogens is 392 g/mol. The van der Waals surface area contributed by atoms with Crippen LogP contribution in [0.25, 0.3) is 11.0 Å². The van der Waals surface area contributed by atoms with Crippen LogP contribution in [0.15, 0.2) is 47.5 Å². The first-order valence-electron chi connectivity index (χ1n) is 9.33. The van der Waals surface area contributed by atoms with Gasteiger partial charge in [-0.2, -0.15) is 5.10 Å². The highest BCUT2D eigenvalue weighted by molar-refractivity contribution is 7.93. The van der Waals surface area contributed by atoms with Gasteiger partial charge in [0.15, 0.2) is 20.2 Å². The summed E-state index contributed by atoms with van der Waals surface area (Å²) in [5.74, 6) is -0.563. The van der Waals surface area contributed by atoms with Crippen molar-refractivity contribution in [2.24, 2.45) is 7.05 Å². The number of hydrogen-bond acceptors (Lipinski definition) is 6. The molecule has 2 aromatic heterocycles. The molecule has 1 aromatic carbocycles. The Morgan fingerprint density at radius 2 is 1.90 bits per heavy atom. The van der Waals surface area contributed by atoms with Crippen molar-refractivity contribution >= 4 is 32.5 Å². The van der Waals surface area contributed by atoms with E-state index in [1.54, 1.807) is 36.0 Å². The third kappa shape index (κ3) is 3.20. The zero-order valence-corrected chi connectivity index (χ0v) is 17.1. The number of carbonyl (C=O) groups is 1. The van der Waals surface area contributed by atoms with Crippen LogP contribution < -0.4 is 5.32 Å². The van der Waals surface area contributed by atoms with E-state index < -0.39 is 20.5 Å². The quantitative estimate of drug-likeness (QED) is 0.702. The number of amides is 1. The predicted molar refractivity (Wildman–Crippen MR) is 108 cm³/mol. The highest BCUT2D eigenvalue weighted by Gasteiger charge is 2.52. The molecule has 9 heteroatoms. The average Bonchev–Trinajstić information content (AvgIpc) is 3.02. The second-order valence-corrected chi connectivity index (χ2v) is 9.44. The van der Waals surface area contributed by atoms with Crippen LogP contribution in [0.2, 0.25) is 0 Å². The van der Waals surface area contributed by atoms with Crippen LogP contribution in [0.1, 0.15) is 18.5 Å². The zero-order chi connectivity index (χ0) is 20.6. The molecule has 8 nitrogen and oxygen atoms in total. The highest BCUT2D eigenvalue weighted by Crippen LogP contribution is 2.36. The number of benzene rings is 1. The van der Waals surface area contributed by atoms with Crippen molar-refractivity contribution in [2.75, 3.05) is 18.5 Å². The molecule has 0 aliphatic carbocycles. The number of fused-ring (bicyclic) bond motifs is 1. The monoisotopic (exact) mass is 414 g/mol. The SMILES string of the molecule is Cc1nn(C)c2ncc(NC(=O)C3(S(=O)(=O)c4ccccc4)CCOCC3)cc12. The number of anilines is 1. The summed E-state index contributed by atoms with van der Waals surface area (Å²) in [7, 11) is -2.12. The molecule has 29 heavy (non-hydrogen) atoms. The molecule has 1 amide bonds. The van der Waals surface area contributed by atoms with Crippen LogP contribution in [0.4, 0.5) is 5.69 Å². The molecule has 1 saturated heterocycles. The van der Waals surface area contributed by atoms with Gasteiger partial charge in [0.1, 0.15) is 0 Å². The number of pyridine rings is 1. The van der Waals surface area contributed by atoms with Gasteiger partial charge >= 0.3 is 0 Å². The van der Waals surface area contributed by atoms with E-state index in [0.717, 1.165) is 11.1 Å². The third-order valence-corrected chi connectivity index (χ3v) is 7.92. The summed E-state index contributed by atoms with van der Waals surface area (Å²) in [6.07, 6.45) is 1.71. The number of nitrogens with one attached hydrogen (secondary N) is 1. The summed E-state index contributed by atoms with van der Waals surface area (Å²) in [5.41, 5.74) is 1.91. The smallest absolute Gasteiger partial charge is 0.246 e. The Bertz CT molecular complexity index is 1170. The predicted octanol–water partition coefficient (Wildman–Crippen LogP) is 2.24. The van der Waals surface area contributed by atoms with Crippen molar-refractivity contribution in [3.63, 3.8) is 0 Å². The van der Waals surface area contributed by atoms with Gasteiger partial charge in [-0.3, -0.25) is 9.48 Å². The number of nitrogens with zero attached hydrogens (tertiary/aromatic N) is 3. The Morgan fingerprint density at radius 1 is 1.21 bits per heavy atom. The summed E-state index contributed by atoms with van der Waals surface area (Å²) in [5, 5.41) is 7.91. The first kappa shape index (κ1) is 19.5. The maximum Gasteiger partial charge on any atom is 0.246 e. The molecule has 3 aromatic rings. The maximum atomic E-state index is 13.5. The lowest BCUT2D eigenvalue weighted by molar-refractivity contribution is -0.121. The lowest BCUT2D eigenvalue weighted by atomic mass is 9.98. The summed E-state index contributed by atoms with van der Waals surface area (Å²) < 4.78 is 32.4. The van der Waals surface area contributed by atoms with Crippen molar-refractivity contribution in [3.05, 3.63) is 48.3 Å². The Hall–Kier alpha value is -2.78. The fourth-order valence-corrected chi connectivity index (χ4v) is 5.73. The number of hydrogen-bond donors (Lipinski definition) is 1. The van der Waals surface area contributed by atoms with E-state index in [1.165, 1.54) is 18.3 Å². The lowest BCUT2D eigenvalue weighted by Crippen LogP contribution is -2.53. The van der Waals surface area contributed by atoms with E-state index >= 15 is 0 Å². The molecule has 0 radical (unpaired) electrons. The first-order chi connectivity index (χ1) is 13.8. The molecule has 0 unspecified atom stereocenters. The highest BCUT2D eigenvalue weighted by atomic mass is 32.2. The van der Waals surface area contributed by atoms with Crippen molar-refractivity contribution in [2.45, 2.75) is 29.4 Å². The van der Waals surface area contributed by atoms with E-state index in [0.29, 0.717) is 11.3 Å². The standard InChI is InChI=1S/C20H22N4O4S/c1-14-17-12-15(13-21-18(17)24(2)23-14)22-19(25)20(8-10-28-11-9-20)29(26,27)16-6-4-3-5-7-16/h3-7,12-13H,8-11H2,1-2H3,(H,22,25). The minimum Gasteiger partial charge on any atom is -0.381 e. The average molecular weight is 414 g/mol. The Morgan fingerprint density at radius 3 is 2.59 bits per heavy atom. The van der Waals surface area contributed by atoms with Crippen LogP contribution in [-0.2, 0) is 26.4 Å². The summed E-state index contributed by atoms with van der Waals surface area (Å²) in [6.45, 7) is 2.27. The number of ether oxygens (including phenoxy) is 1. The molecule has 1 fully saturated rings. The molecule has 0 saturated carbocycles. The largest absolute Gasteiger partial charge is 0.381 e. The first-order valence-corrected chi connectivity index (χ1v) is 10.8. The van der Waals surface area contributed by atoms with Crippen molar-refractivity contribution in [3.8, 4) is 0 Å². The van der Waals surface area contributed by atoms with Gasteiger partial charge in [-0.1, -0.05) is 18.2 Å². The number of carbonyl (C=O) groups excluding carboxylic acids is 1. The topological polar surface area (TPSA) is 103 Å². The molecule has 152 valence electrons. The molecule has 3 heterocycles. The van der Waals surface area contributed by atoms with Crippen molar-refractivity contribution < 1.29 is 17.9 Å². The molecule has 1 N–H and O–H groups in total. The van der Waals surface area contributed by atoms with Gasteiger partial charge in [-0.15, -0.1) is 0 Å². The minimum absolute atomic E-state index is 0.0949. The van der Waals surface area contributed by atoms with E-state index in [9.17, 15) is 13.2 Å². The summed E-state index contributed by atoms with van der Waals surface area (Å²) in [4.78, 5) is 17.8. The van der Waals surface area contributed by atoms with Crippen LogP contribution in [0.3, 0.4) is 0 Å². The minimum atomic E-state index is -3.92. The zero-order valence-electron chi connectivity index (χ0n) is 16.3. The molecule has 1 aliphatic heterocycles. The van der Waals surface area contributed by atoms with Crippen LogP contribution in [0, 0.1) is 6.92 Å². The van der Waals surface area contributed by atoms with Crippen LogP contribution in [0.5, 0.6) is 0 Å². The van der Waals surface area contributed by atoms with Gasteiger partial charge < -0.3 is 10.1 Å². The molecule has 1 aliphatic rings. The van der Waals surface area contributed by atoms with Crippen molar-refractivity contribution in [1.82, 2.24) is 14.8 Å². The number of rotatable bonds is 4. The van der Waals surface area contributed by atoms with Gasteiger partial charge in [0.05, 0.1) is 22.5 Å². The number of aromatic nitrogens is 3. The summed E-state index contributed by atoms with van der Waals surface area (Å²) in [6, 6.07) is 9.86. The Labute approximate surface area is 168 Å². The van der Waals surface area contributed by atoms with E-state index in [4.69, 9.17) is 4.74 Å². The molecule has 4 rings (SSSR count). The Kier molecular flexibility index (Phi) is 4.87. The fourth-order valence-electron chi connectivity index (χ4n) is 3.77. The van der Waals surface area contributed by atoms with Gasteiger partial charge in [0.25, 0.3) is 0 Å². The molecular formula is C20H22N4O4S. The maximum absolute atomic E-state index is 13.5. The van der Waals surface area contributed by atoms with E-state index in [-0.39, 0.29) is 31.0 Å². The molecule has 0 atom stereocenters. The van der Waals surface area contributed by atoms with Crippen LogP contribution in [-0.4, -0.2) is 47.1 Å². The lowest BCUT2D eigenvalue weighted by Gasteiger charge is -2.35. The van der Waals surface area contributed by atoms with Gasteiger partial charge in [0.2, 0.25) is 5.91 Å². The third-order valence-electron chi connectivity index (χ3n) is 5.40. The fraction of sp³-hybridized carbons (Fsp3) is 0.350. The van der Waals surface area contributed by atoms with Gasteiger partial charge in [-0.05, 0) is 38.0 Å². The van der Waals surface area contributed by atoms with E-state index in [2.05, 4.69) is 15.4 Å². The summed E-state index contributed by atoms with van der Waals surface area (Å²) >= 11 is 0.